The van der Waals surface area contributed by atoms with Crippen molar-refractivity contribution in [1.29, 1.82) is 0 Å². The summed E-state index contributed by atoms with van der Waals surface area (Å²) in [6, 6.07) is 9.69. The quantitative estimate of drug-likeness (QED) is 0.780. The monoisotopic (exact) mass is 379 g/mol. The first-order chi connectivity index (χ1) is 7.58. The molecule has 1 atom stereocenters. The lowest BCUT2D eigenvalue weighted by molar-refractivity contribution is 0.892. The number of hydrogen-bond donors (Lipinski definition) is 1. The number of halogens is 3. The van der Waals surface area contributed by atoms with Gasteiger partial charge in [-0.2, -0.15) is 0 Å². The Labute approximate surface area is 120 Å². The zero-order valence-corrected chi connectivity index (χ0v) is 12.8. The lowest BCUT2D eigenvalue weighted by Gasteiger charge is -2.10. The highest BCUT2D eigenvalue weighted by Crippen LogP contribution is 2.32. The summed E-state index contributed by atoms with van der Waals surface area (Å²) in [5.41, 5.74) is 7.22. The van der Waals surface area contributed by atoms with Crippen molar-refractivity contribution in [3.63, 3.8) is 0 Å². The first-order valence-electron chi connectivity index (χ1n) is 4.53. The average molecular weight is 382 g/mol. The van der Waals surface area contributed by atoms with Crippen molar-refractivity contribution in [2.45, 2.75) is 6.04 Å². The molecular formula is C11H8Br2ClNS. The molecule has 1 aromatic carbocycles. The molecule has 0 saturated heterocycles. The molecule has 2 N–H and O–H groups in total. The van der Waals surface area contributed by atoms with Gasteiger partial charge in [-0.25, -0.2) is 0 Å². The van der Waals surface area contributed by atoms with Gasteiger partial charge in [0.2, 0.25) is 0 Å². The van der Waals surface area contributed by atoms with Gasteiger partial charge in [0.15, 0.2) is 0 Å². The van der Waals surface area contributed by atoms with Gasteiger partial charge in [-0.05, 0) is 61.7 Å². The Morgan fingerprint density at radius 1 is 1.19 bits per heavy atom. The van der Waals surface area contributed by atoms with Crippen LogP contribution in [0.4, 0.5) is 0 Å². The lowest BCUT2D eigenvalue weighted by atomic mass is 10.1. The van der Waals surface area contributed by atoms with Gasteiger partial charge >= 0.3 is 0 Å². The maximum atomic E-state index is 6.17. The molecular weight excluding hydrogens is 373 g/mol. The van der Waals surface area contributed by atoms with Crippen LogP contribution in [0.25, 0.3) is 0 Å². The van der Waals surface area contributed by atoms with Crippen LogP contribution >= 0.6 is 54.8 Å². The van der Waals surface area contributed by atoms with E-state index in [1.807, 2.05) is 30.3 Å². The molecule has 0 spiro atoms. The lowest BCUT2D eigenvalue weighted by Crippen LogP contribution is -2.09. The highest BCUT2D eigenvalue weighted by atomic mass is 79.9. The molecule has 1 heterocycles. The minimum atomic E-state index is -0.107. The molecule has 2 rings (SSSR count). The number of nitrogens with two attached hydrogens (primary N) is 1. The van der Waals surface area contributed by atoms with Crippen LogP contribution in [0.2, 0.25) is 5.02 Å². The summed E-state index contributed by atoms with van der Waals surface area (Å²) in [5.74, 6) is 0. The maximum Gasteiger partial charge on any atom is 0.0702 e. The molecule has 0 radical (unpaired) electrons. The van der Waals surface area contributed by atoms with Gasteiger partial charge in [0, 0.05) is 9.35 Å². The van der Waals surface area contributed by atoms with E-state index >= 15 is 0 Å². The average Bonchev–Trinajstić information content (AvgIpc) is 2.68. The van der Waals surface area contributed by atoms with Crippen LogP contribution < -0.4 is 5.73 Å². The van der Waals surface area contributed by atoms with Crippen LogP contribution in [0.3, 0.4) is 0 Å². The first kappa shape index (κ1) is 12.6. The summed E-state index contributed by atoms with van der Waals surface area (Å²) in [4.78, 5) is 1.13. The van der Waals surface area contributed by atoms with E-state index in [9.17, 15) is 0 Å². The first-order valence-corrected chi connectivity index (χ1v) is 7.32. The largest absolute Gasteiger partial charge is 0.320 e. The van der Waals surface area contributed by atoms with Crippen LogP contribution in [0.5, 0.6) is 0 Å². The van der Waals surface area contributed by atoms with Crippen molar-refractivity contribution < 1.29 is 0 Å². The summed E-state index contributed by atoms with van der Waals surface area (Å²) in [6.07, 6.45) is 0. The van der Waals surface area contributed by atoms with Gasteiger partial charge in [-0.1, -0.05) is 17.7 Å². The van der Waals surface area contributed by atoms with Crippen LogP contribution in [-0.2, 0) is 0 Å². The van der Waals surface area contributed by atoms with E-state index in [0.717, 1.165) is 18.7 Å². The summed E-state index contributed by atoms with van der Waals surface area (Å²) in [6.45, 7) is 0. The molecule has 0 aliphatic heterocycles. The molecule has 5 heteroatoms. The van der Waals surface area contributed by atoms with Crippen molar-refractivity contribution >= 4 is 54.8 Å². The topological polar surface area (TPSA) is 26.0 Å². The number of benzene rings is 1. The highest BCUT2D eigenvalue weighted by Gasteiger charge is 2.12. The Morgan fingerprint density at radius 3 is 2.50 bits per heavy atom. The third-order valence-electron chi connectivity index (χ3n) is 2.20. The van der Waals surface area contributed by atoms with Crippen molar-refractivity contribution in [2.75, 3.05) is 0 Å². The van der Waals surface area contributed by atoms with Gasteiger partial charge in [0.25, 0.3) is 0 Å². The molecule has 0 aliphatic rings. The van der Waals surface area contributed by atoms with E-state index < -0.39 is 0 Å². The van der Waals surface area contributed by atoms with Gasteiger partial charge in [0.05, 0.1) is 14.9 Å². The Balaban J connectivity index is 2.33. The zero-order chi connectivity index (χ0) is 11.7. The molecule has 0 fully saturated rings. The Hall–Kier alpha value is 0.130. The van der Waals surface area contributed by atoms with Crippen molar-refractivity contribution in [3.05, 3.63) is 54.1 Å². The number of hydrogen-bond acceptors (Lipinski definition) is 2. The third kappa shape index (κ3) is 2.68. The van der Waals surface area contributed by atoms with E-state index in [-0.39, 0.29) is 6.04 Å². The third-order valence-corrected chi connectivity index (χ3v) is 5.12. The number of rotatable bonds is 2. The van der Waals surface area contributed by atoms with Gasteiger partial charge in [-0.3, -0.25) is 0 Å². The summed E-state index contributed by atoms with van der Waals surface area (Å²) in [7, 11) is 0. The Kier molecular flexibility index (Phi) is 4.08. The molecule has 1 unspecified atom stereocenters. The van der Waals surface area contributed by atoms with Crippen LogP contribution in [0, 0.1) is 0 Å². The second-order valence-corrected chi connectivity index (χ2v) is 7.05. The molecule has 84 valence electrons. The minimum absolute atomic E-state index is 0.107. The fourth-order valence-corrected chi connectivity index (χ4v) is 3.33. The maximum absolute atomic E-state index is 6.17. The number of thiophene rings is 1. The fourth-order valence-electron chi connectivity index (χ4n) is 1.37. The standard InChI is InChI=1S/C11H8Br2ClNS/c12-7-5-6(1-2-8(7)14)11(15)9-3-4-10(13)16-9/h1-5,11H,15H2. The minimum Gasteiger partial charge on any atom is -0.320 e. The zero-order valence-electron chi connectivity index (χ0n) is 8.08. The second kappa shape index (κ2) is 5.19. The molecule has 2 aromatic rings. The van der Waals surface area contributed by atoms with E-state index in [1.54, 1.807) is 11.3 Å². The Bertz CT molecular complexity index is 512. The van der Waals surface area contributed by atoms with E-state index in [0.29, 0.717) is 5.02 Å². The van der Waals surface area contributed by atoms with Crippen LogP contribution in [0.15, 0.2) is 38.6 Å². The van der Waals surface area contributed by atoms with Gasteiger partial charge in [-0.15, -0.1) is 11.3 Å². The summed E-state index contributed by atoms with van der Waals surface area (Å²) >= 11 is 14.4. The molecule has 0 saturated carbocycles. The Morgan fingerprint density at radius 2 is 1.94 bits per heavy atom. The van der Waals surface area contributed by atoms with Crippen LogP contribution in [0.1, 0.15) is 16.5 Å². The van der Waals surface area contributed by atoms with Gasteiger partial charge in [0.1, 0.15) is 0 Å². The highest BCUT2D eigenvalue weighted by molar-refractivity contribution is 9.11. The SMILES string of the molecule is NC(c1ccc(Cl)c(Br)c1)c1ccc(Br)s1. The summed E-state index contributed by atoms with van der Waals surface area (Å²) < 4.78 is 1.96. The van der Waals surface area contributed by atoms with E-state index in [1.165, 1.54) is 0 Å². The normalized spacial score (nSPS) is 12.8. The molecule has 0 aliphatic carbocycles. The van der Waals surface area contributed by atoms with Crippen LogP contribution in [-0.4, -0.2) is 0 Å². The summed E-state index contributed by atoms with van der Waals surface area (Å²) in [5, 5.41) is 0.698. The molecule has 16 heavy (non-hydrogen) atoms. The smallest absolute Gasteiger partial charge is 0.0702 e. The second-order valence-electron chi connectivity index (χ2n) is 3.29. The van der Waals surface area contributed by atoms with Gasteiger partial charge < -0.3 is 5.73 Å². The molecule has 0 amide bonds. The predicted molar refractivity (Wildman–Crippen MR) is 77.2 cm³/mol. The molecule has 1 aromatic heterocycles. The molecule has 1 nitrogen and oxygen atoms in total. The van der Waals surface area contributed by atoms with Crippen molar-refractivity contribution in [1.82, 2.24) is 0 Å². The van der Waals surface area contributed by atoms with E-state index in [4.69, 9.17) is 17.3 Å². The van der Waals surface area contributed by atoms with E-state index in [2.05, 4.69) is 31.9 Å². The van der Waals surface area contributed by atoms with Crippen molar-refractivity contribution in [2.24, 2.45) is 5.73 Å². The predicted octanol–water partition coefficient (Wildman–Crippen LogP) is 4.97. The fraction of sp³-hybridized carbons (Fsp3) is 0.0909. The molecule has 0 bridgehead atoms. The van der Waals surface area contributed by atoms with Crippen molar-refractivity contribution in [3.8, 4) is 0 Å².